The van der Waals surface area contributed by atoms with Crippen molar-refractivity contribution < 1.29 is 50.9 Å². The molecule has 14 heteroatoms. The van der Waals surface area contributed by atoms with Gasteiger partial charge in [0.1, 0.15) is 0 Å². The fourth-order valence-electron chi connectivity index (χ4n) is 4.47. The molecule has 3 aliphatic heterocycles. The van der Waals surface area contributed by atoms with Gasteiger partial charge in [-0.3, -0.25) is 9.80 Å². The van der Waals surface area contributed by atoms with Crippen molar-refractivity contribution in [1.29, 1.82) is 0 Å². The third-order valence-electron chi connectivity index (χ3n) is 6.09. The molecule has 3 fully saturated rings. The van der Waals surface area contributed by atoms with Gasteiger partial charge in [-0.25, -0.2) is 9.59 Å². The lowest BCUT2D eigenvalue weighted by Gasteiger charge is -2.30. The van der Waals surface area contributed by atoms with Crippen LogP contribution in [0.5, 0.6) is 0 Å². The number of nitrogens with zero attached hydrogens (tertiary/aromatic N) is 2. The van der Waals surface area contributed by atoms with Gasteiger partial charge in [-0.1, -0.05) is 0 Å². The zero-order valence-electron chi connectivity index (χ0n) is 18.7. The van der Waals surface area contributed by atoms with E-state index in [-0.39, 0.29) is 0 Å². The summed E-state index contributed by atoms with van der Waals surface area (Å²) in [5.74, 6) is -4.64. The molecule has 0 saturated carbocycles. The van der Waals surface area contributed by atoms with Gasteiger partial charge in [0.25, 0.3) is 0 Å². The number of carbonyl (C=O) groups is 2. The van der Waals surface area contributed by atoms with Gasteiger partial charge >= 0.3 is 24.3 Å². The third kappa shape index (κ3) is 9.58. The fourth-order valence-corrected chi connectivity index (χ4v) is 5.13. The van der Waals surface area contributed by atoms with Crippen molar-refractivity contribution in [2.45, 2.75) is 56.7 Å². The van der Waals surface area contributed by atoms with Crippen LogP contribution in [0.15, 0.2) is 16.8 Å². The van der Waals surface area contributed by atoms with Crippen molar-refractivity contribution in [2.24, 2.45) is 5.92 Å². The minimum atomic E-state index is -5.08. The van der Waals surface area contributed by atoms with Gasteiger partial charge in [0, 0.05) is 51.5 Å². The van der Waals surface area contributed by atoms with E-state index < -0.39 is 24.3 Å². The van der Waals surface area contributed by atoms with Crippen LogP contribution in [-0.2, 0) is 20.9 Å². The summed E-state index contributed by atoms with van der Waals surface area (Å²) in [5, 5.41) is 18.8. The summed E-state index contributed by atoms with van der Waals surface area (Å²) in [6.07, 6.45) is -4.88. The second kappa shape index (κ2) is 12.9. The number of hydrogen-bond donors (Lipinski definition) is 2. The Morgan fingerprint density at radius 1 is 0.914 bits per heavy atom. The van der Waals surface area contributed by atoms with Crippen LogP contribution in [0, 0.1) is 5.92 Å². The third-order valence-corrected chi connectivity index (χ3v) is 6.82. The summed E-state index contributed by atoms with van der Waals surface area (Å²) in [5.41, 5.74) is 1.50. The van der Waals surface area contributed by atoms with Gasteiger partial charge in [0.2, 0.25) is 0 Å². The van der Waals surface area contributed by atoms with Crippen molar-refractivity contribution in [3.05, 3.63) is 22.4 Å². The first-order chi connectivity index (χ1) is 16.3. The number of ether oxygens (including phenoxy) is 1. The molecule has 3 aliphatic rings. The van der Waals surface area contributed by atoms with E-state index in [1.807, 2.05) is 11.3 Å². The SMILES string of the molecule is O=C(O)C(F)(F)F.O=C(O)C(F)(F)F.c1cc(CN2CCC3C2CCN3CC2CCOCC2)cs1. The molecule has 1 aromatic rings. The van der Waals surface area contributed by atoms with E-state index >= 15 is 0 Å². The van der Waals surface area contributed by atoms with E-state index in [1.54, 1.807) is 0 Å². The molecule has 0 aliphatic carbocycles. The van der Waals surface area contributed by atoms with Crippen LogP contribution >= 0.6 is 11.3 Å². The van der Waals surface area contributed by atoms with E-state index in [4.69, 9.17) is 24.5 Å². The summed E-state index contributed by atoms with van der Waals surface area (Å²) in [6, 6.07) is 3.92. The molecule has 2 atom stereocenters. The number of hydrogen-bond acceptors (Lipinski definition) is 6. The highest BCUT2D eigenvalue weighted by Crippen LogP contribution is 2.34. The van der Waals surface area contributed by atoms with Crippen LogP contribution in [0.1, 0.15) is 31.2 Å². The average molecular weight is 535 g/mol. The Morgan fingerprint density at radius 2 is 1.40 bits per heavy atom. The first-order valence-corrected chi connectivity index (χ1v) is 11.9. The average Bonchev–Trinajstić information content (AvgIpc) is 3.49. The molecule has 3 saturated heterocycles. The van der Waals surface area contributed by atoms with Crippen molar-refractivity contribution >= 4 is 23.3 Å². The summed E-state index contributed by atoms with van der Waals surface area (Å²) in [7, 11) is 0. The maximum Gasteiger partial charge on any atom is 0.490 e. The van der Waals surface area contributed by atoms with Gasteiger partial charge in [-0.2, -0.15) is 37.7 Å². The molecule has 4 heterocycles. The Bertz CT molecular complexity index is 775. The highest BCUT2D eigenvalue weighted by Gasteiger charge is 2.42. The zero-order valence-corrected chi connectivity index (χ0v) is 19.5. The molecule has 0 bridgehead atoms. The standard InChI is InChI=1S/C17H26N2OS.2C2HF3O2/c1-6-18(11-14-3-8-20-9-4-14)16-2-7-19(17(1)16)12-15-5-10-21-13-15;2*3-2(4,5)1(6)7/h5,10,13-14,16-17H,1-4,6-9,11-12H2;2*(H,6,7). The van der Waals surface area contributed by atoms with E-state index in [0.29, 0.717) is 0 Å². The number of likely N-dealkylation sites (tertiary alicyclic amines) is 2. The number of carboxylic acid groups (broad SMARTS) is 2. The van der Waals surface area contributed by atoms with Gasteiger partial charge in [0.05, 0.1) is 0 Å². The van der Waals surface area contributed by atoms with Crippen molar-refractivity contribution in [1.82, 2.24) is 9.80 Å². The molecule has 7 nitrogen and oxygen atoms in total. The number of alkyl halides is 6. The Balaban J connectivity index is 0.000000257. The number of rotatable bonds is 4. The van der Waals surface area contributed by atoms with Gasteiger partial charge in [0.15, 0.2) is 0 Å². The molecule has 1 aromatic heterocycles. The molecule has 2 N–H and O–H groups in total. The van der Waals surface area contributed by atoms with Gasteiger partial charge in [-0.05, 0) is 54.0 Å². The van der Waals surface area contributed by atoms with Crippen LogP contribution in [-0.4, -0.2) is 89.2 Å². The Hall–Kier alpha value is -1.90. The first kappa shape index (κ1) is 29.3. The zero-order chi connectivity index (χ0) is 26.2. The smallest absolute Gasteiger partial charge is 0.475 e. The number of carboxylic acids is 2. The second-order valence-electron chi connectivity index (χ2n) is 8.47. The second-order valence-corrected chi connectivity index (χ2v) is 9.25. The summed E-state index contributed by atoms with van der Waals surface area (Å²) in [4.78, 5) is 23.3. The lowest BCUT2D eigenvalue weighted by atomic mass is 9.99. The summed E-state index contributed by atoms with van der Waals surface area (Å²) >= 11 is 1.82. The number of halogens is 6. The van der Waals surface area contributed by atoms with E-state index in [0.717, 1.165) is 37.8 Å². The number of thiophene rings is 1. The molecule has 35 heavy (non-hydrogen) atoms. The van der Waals surface area contributed by atoms with Crippen molar-refractivity contribution in [2.75, 3.05) is 32.8 Å². The topological polar surface area (TPSA) is 90.3 Å². The molecule has 0 spiro atoms. The molecule has 0 radical (unpaired) electrons. The minimum absolute atomic E-state index is 0.810. The molecule has 4 rings (SSSR count). The van der Waals surface area contributed by atoms with Crippen LogP contribution in [0.4, 0.5) is 26.3 Å². The molecular weight excluding hydrogens is 506 g/mol. The van der Waals surface area contributed by atoms with Gasteiger partial charge in [-0.15, -0.1) is 0 Å². The largest absolute Gasteiger partial charge is 0.490 e. The van der Waals surface area contributed by atoms with Gasteiger partial charge < -0.3 is 14.9 Å². The Morgan fingerprint density at radius 3 is 1.86 bits per heavy atom. The van der Waals surface area contributed by atoms with Crippen molar-refractivity contribution in [3.8, 4) is 0 Å². The molecule has 0 amide bonds. The predicted octanol–water partition coefficient (Wildman–Crippen LogP) is 4.09. The Labute approximate surface area is 202 Å². The van der Waals surface area contributed by atoms with E-state index in [1.165, 1.54) is 50.9 Å². The number of fused-ring (bicyclic) bond motifs is 1. The lowest BCUT2D eigenvalue weighted by Crippen LogP contribution is -2.39. The van der Waals surface area contributed by atoms with Crippen LogP contribution in [0.25, 0.3) is 0 Å². The predicted molar refractivity (Wildman–Crippen MR) is 114 cm³/mol. The maximum atomic E-state index is 10.6. The Kier molecular flexibility index (Phi) is 10.8. The summed E-state index contributed by atoms with van der Waals surface area (Å²) < 4.78 is 69.0. The number of aliphatic carboxylic acids is 2. The van der Waals surface area contributed by atoms with E-state index in [2.05, 4.69) is 26.6 Å². The fraction of sp³-hybridized carbons (Fsp3) is 0.714. The monoisotopic (exact) mass is 534 g/mol. The normalized spacial score (nSPS) is 23.6. The van der Waals surface area contributed by atoms with E-state index in [9.17, 15) is 26.3 Å². The van der Waals surface area contributed by atoms with Crippen molar-refractivity contribution in [3.63, 3.8) is 0 Å². The molecule has 0 aromatic carbocycles. The first-order valence-electron chi connectivity index (χ1n) is 11.0. The molecule has 2 unspecified atom stereocenters. The highest BCUT2D eigenvalue weighted by atomic mass is 32.1. The molecule has 200 valence electrons. The quantitative estimate of drug-likeness (QED) is 0.563. The van der Waals surface area contributed by atoms with Crippen LogP contribution in [0.3, 0.4) is 0 Å². The lowest BCUT2D eigenvalue weighted by molar-refractivity contribution is -0.193. The van der Waals surface area contributed by atoms with Crippen LogP contribution < -0.4 is 0 Å². The summed E-state index contributed by atoms with van der Waals surface area (Å²) in [6.45, 7) is 7.04. The maximum absolute atomic E-state index is 10.6. The van der Waals surface area contributed by atoms with Crippen LogP contribution in [0.2, 0.25) is 0 Å². The minimum Gasteiger partial charge on any atom is -0.475 e. The highest BCUT2D eigenvalue weighted by molar-refractivity contribution is 7.07. The molecular formula is C21H28F6N2O5S.